The molecule has 0 radical (unpaired) electrons. The summed E-state index contributed by atoms with van der Waals surface area (Å²) in [4.78, 5) is 0. The van der Waals surface area contributed by atoms with E-state index >= 15 is 0 Å². The predicted molar refractivity (Wildman–Crippen MR) is 123 cm³/mol. The van der Waals surface area contributed by atoms with Crippen molar-refractivity contribution >= 4 is 10.8 Å². The largest absolute Gasteiger partial charge is 0.497 e. The van der Waals surface area contributed by atoms with Crippen molar-refractivity contribution in [3.63, 3.8) is 0 Å². The van der Waals surface area contributed by atoms with Gasteiger partial charge in [-0.3, -0.25) is 0 Å². The minimum absolute atomic E-state index is 0.0407. The Morgan fingerprint density at radius 1 is 0.667 bits per heavy atom. The van der Waals surface area contributed by atoms with Gasteiger partial charge >= 0.3 is 0 Å². The molecule has 1 saturated carbocycles. The molecule has 1 fully saturated rings. The number of fused-ring (bicyclic) bond motifs is 1. The maximum atomic E-state index is 5.41. The lowest BCUT2D eigenvalue weighted by atomic mass is 9.52. The standard InChI is InChI=1S/C28H26O2/c1-29-25-13-9-23(10-14-25)28(24-11-15-26(30-2)16-12-24)18-17-27(28)22-8-7-20-5-3-4-6-21(20)19-22/h3-16,19,27H,17-18H2,1-2H3. The van der Waals surface area contributed by atoms with Crippen molar-refractivity contribution < 1.29 is 9.47 Å². The zero-order valence-corrected chi connectivity index (χ0v) is 17.5. The molecule has 150 valence electrons. The van der Waals surface area contributed by atoms with E-state index in [1.807, 2.05) is 0 Å². The van der Waals surface area contributed by atoms with Crippen molar-refractivity contribution in [3.8, 4) is 11.5 Å². The Morgan fingerprint density at radius 2 is 1.23 bits per heavy atom. The van der Waals surface area contributed by atoms with Gasteiger partial charge in [-0.05, 0) is 70.5 Å². The first-order valence-corrected chi connectivity index (χ1v) is 10.5. The summed E-state index contributed by atoms with van der Waals surface area (Å²) in [6.07, 6.45) is 2.31. The van der Waals surface area contributed by atoms with E-state index in [9.17, 15) is 0 Å². The molecule has 1 aliphatic rings. The number of hydrogen-bond donors (Lipinski definition) is 0. The molecule has 5 rings (SSSR count). The maximum Gasteiger partial charge on any atom is 0.118 e. The highest BCUT2D eigenvalue weighted by atomic mass is 16.5. The molecule has 0 aromatic heterocycles. The highest BCUT2D eigenvalue weighted by Gasteiger charge is 2.49. The van der Waals surface area contributed by atoms with Crippen LogP contribution in [0.2, 0.25) is 0 Å². The highest BCUT2D eigenvalue weighted by molar-refractivity contribution is 5.83. The Morgan fingerprint density at radius 3 is 1.73 bits per heavy atom. The van der Waals surface area contributed by atoms with Gasteiger partial charge in [-0.15, -0.1) is 0 Å². The van der Waals surface area contributed by atoms with Crippen LogP contribution in [0.3, 0.4) is 0 Å². The van der Waals surface area contributed by atoms with Gasteiger partial charge in [0.15, 0.2) is 0 Å². The van der Waals surface area contributed by atoms with Crippen molar-refractivity contribution in [1.82, 2.24) is 0 Å². The van der Waals surface area contributed by atoms with E-state index in [1.54, 1.807) is 14.2 Å². The van der Waals surface area contributed by atoms with Gasteiger partial charge in [0, 0.05) is 5.41 Å². The van der Waals surface area contributed by atoms with Crippen molar-refractivity contribution in [2.75, 3.05) is 14.2 Å². The third-order valence-corrected chi connectivity index (χ3v) is 6.81. The monoisotopic (exact) mass is 394 g/mol. The van der Waals surface area contributed by atoms with Gasteiger partial charge in [0.1, 0.15) is 11.5 Å². The van der Waals surface area contributed by atoms with Gasteiger partial charge in [0.2, 0.25) is 0 Å². The van der Waals surface area contributed by atoms with E-state index in [2.05, 4.69) is 91.0 Å². The molecule has 0 amide bonds. The van der Waals surface area contributed by atoms with Crippen LogP contribution in [0.5, 0.6) is 11.5 Å². The summed E-state index contributed by atoms with van der Waals surface area (Å²) >= 11 is 0. The first-order valence-electron chi connectivity index (χ1n) is 10.5. The van der Waals surface area contributed by atoms with Gasteiger partial charge in [-0.25, -0.2) is 0 Å². The molecular weight excluding hydrogens is 368 g/mol. The predicted octanol–water partition coefficient (Wildman–Crippen LogP) is 6.72. The second-order valence-electron chi connectivity index (χ2n) is 8.13. The summed E-state index contributed by atoms with van der Waals surface area (Å²) in [5, 5.41) is 2.60. The summed E-state index contributed by atoms with van der Waals surface area (Å²) in [6, 6.07) is 32.8. The Bertz CT molecular complexity index is 1110. The Hall–Kier alpha value is -3.26. The summed E-state index contributed by atoms with van der Waals surface area (Å²) in [6.45, 7) is 0. The smallest absolute Gasteiger partial charge is 0.118 e. The van der Waals surface area contributed by atoms with Crippen LogP contribution in [0.1, 0.15) is 35.4 Å². The number of ether oxygens (including phenoxy) is 2. The molecule has 0 spiro atoms. The number of methoxy groups -OCH3 is 2. The van der Waals surface area contributed by atoms with Gasteiger partial charge in [-0.2, -0.15) is 0 Å². The van der Waals surface area contributed by atoms with Crippen LogP contribution >= 0.6 is 0 Å². The Kier molecular flexibility index (Phi) is 4.71. The van der Waals surface area contributed by atoms with Crippen LogP contribution in [0.4, 0.5) is 0 Å². The molecular formula is C28H26O2. The minimum Gasteiger partial charge on any atom is -0.497 e. The molecule has 0 bridgehead atoms. The number of rotatable bonds is 5. The fourth-order valence-corrected chi connectivity index (χ4v) is 5.09. The van der Waals surface area contributed by atoms with E-state index in [-0.39, 0.29) is 5.41 Å². The number of benzene rings is 4. The average Bonchev–Trinajstić information content (AvgIpc) is 2.79. The van der Waals surface area contributed by atoms with E-state index in [4.69, 9.17) is 9.47 Å². The van der Waals surface area contributed by atoms with Gasteiger partial charge in [0.25, 0.3) is 0 Å². The van der Waals surface area contributed by atoms with Crippen molar-refractivity contribution in [3.05, 3.63) is 108 Å². The zero-order chi connectivity index (χ0) is 20.6. The van der Waals surface area contributed by atoms with Crippen LogP contribution in [-0.2, 0) is 5.41 Å². The molecule has 2 heteroatoms. The molecule has 0 saturated heterocycles. The fraction of sp³-hybridized carbons (Fsp3) is 0.214. The van der Waals surface area contributed by atoms with E-state index < -0.39 is 0 Å². The molecule has 1 atom stereocenters. The van der Waals surface area contributed by atoms with Crippen molar-refractivity contribution in [2.45, 2.75) is 24.2 Å². The van der Waals surface area contributed by atoms with Crippen LogP contribution in [-0.4, -0.2) is 14.2 Å². The second-order valence-corrected chi connectivity index (χ2v) is 8.13. The Balaban J connectivity index is 1.64. The average molecular weight is 395 g/mol. The lowest BCUT2D eigenvalue weighted by Crippen LogP contribution is -2.43. The van der Waals surface area contributed by atoms with Crippen LogP contribution in [0.15, 0.2) is 91.0 Å². The third-order valence-electron chi connectivity index (χ3n) is 6.81. The summed E-state index contributed by atoms with van der Waals surface area (Å²) in [7, 11) is 3.44. The summed E-state index contributed by atoms with van der Waals surface area (Å²) < 4.78 is 10.8. The van der Waals surface area contributed by atoms with Crippen LogP contribution in [0.25, 0.3) is 10.8 Å². The van der Waals surface area contributed by atoms with Crippen LogP contribution < -0.4 is 9.47 Å². The molecule has 1 unspecified atom stereocenters. The summed E-state index contributed by atoms with van der Waals surface area (Å²) in [5.74, 6) is 2.22. The normalized spacial score (nSPS) is 17.3. The zero-order valence-electron chi connectivity index (χ0n) is 17.5. The van der Waals surface area contributed by atoms with E-state index in [1.165, 1.54) is 33.9 Å². The molecule has 4 aromatic rings. The fourth-order valence-electron chi connectivity index (χ4n) is 5.09. The molecule has 0 N–H and O–H groups in total. The molecule has 0 heterocycles. The lowest BCUT2D eigenvalue weighted by Gasteiger charge is -2.51. The molecule has 4 aromatic carbocycles. The van der Waals surface area contributed by atoms with E-state index in [0.29, 0.717) is 5.92 Å². The highest BCUT2D eigenvalue weighted by Crippen LogP contribution is 2.58. The SMILES string of the molecule is COc1ccc(C2(c3ccc(OC)cc3)CCC2c2ccc3ccccc3c2)cc1. The maximum absolute atomic E-state index is 5.41. The van der Waals surface area contributed by atoms with Gasteiger partial charge in [-0.1, -0.05) is 66.7 Å². The molecule has 2 nitrogen and oxygen atoms in total. The third kappa shape index (κ3) is 2.95. The Labute approximate surface area is 178 Å². The number of hydrogen-bond acceptors (Lipinski definition) is 2. The first kappa shape index (κ1) is 18.7. The van der Waals surface area contributed by atoms with Gasteiger partial charge in [0.05, 0.1) is 14.2 Å². The summed E-state index contributed by atoms with van der Waals surface area (Å²) in [5.41, 5.74) is 4.06. The van der Waals surface area contributed by atoms with Crippen LogP contribution in [0, 0.1) is 0 Å². The second kappa shape index (κ2) is 7.53. The molecule has 0 aliphatic heterocycles. The molecule has 30 heavy (non-hydrogen) atoms. The quantitative estimate of drug-likeness (QED) is 0.374. The van der Waals surface area contributed by atoms with E-state index in [0.717, 1.165) is 17.9 Å². The topological polar surface area (TPSA) is 18.5 Å². The van der Waals surface area contributed by atoms with Crippen molar-refractivity contribution in [2.24, 2.45) is 0 Å². The minimum atomic E-state index is -0.0407. The first-order chi connectivity index (χ1) is 14.7. The lowest BCUT2D eigenvalue weighted by molar-refractivity contribution is 0.241. The van der Waals surface area contributed by atoms with Crippen molar-refractivity contribution in [1.29, 1.82) is 0 Å². The molecule has 1 aliphatic carbocycles. The van der Waals surface area contributed by atoms with Gasteiger partial charge < -0.3 is 9.47 Å².